The van der Waals surface area contributed by atoms with Crippen LogP contribution < -0.4 is 0 Å². The second kappa shape index (κ2) is 2.39. The molecule has 1 amide bonds. The molecule has 1 unspecified atom stereocenters. The molecule has 10 radical (unpaired) electrons. The maximum Gasteiger partial charge on any atom is 0.218 e. The molecule has 7 heteroatoms. The highest BCUT2D eigenvalue weighted by molar-refractivity contribution is 6.59. The topological polar surface area (TPSA) is 20.3 Å². The number of amides is 1. The summed E-state index contributed by atoms with van der Waals surface area (Å²) in [7, 11) is 27.4. The molecule has 0 N–H and O–H groups in total. The number of nitrogens with zero attached hydrogens (tertiary/aromatic N) is 1. The molecule has 0 aromatic rings. The van der Waals surface area contributed by atoms with Gasteiger partial charge >= 0.3 is 0 Å². The number of likely N-dealkylation sites (tertiary alicyclic amines) is 1. The molecule has 1 saturated heterocycles. The zero-order chi connectivity index (χ0) is 9.73. The van der Waals surface area contributed by atoms with E-state index in [0.717, 1.165) is 4.90 Å². The Morgan fingerprint density at radius 1 is 1.33 bits per heavy atom. The van der Waals surface area contributed by atoms with Gasteiger partial charge in [-0.1, -0.05) is 5.21 Å². The third-order valence-corrected chi connectivity index (χ3v) is 2.20. The van der Waals surface area contributed by atoms with Crippen LogP contribution in [-0.2, 0) is 4.79 Å². The monoisotopic (exact) mass is 149 g/mol. The highest BCUT2D eigenvalue weighted by atomic mass is 16.2. The molecule has 0 spiro atoms. The largest absolute Gasteiger partial charge is 0.362 e. The van der Waals surface area contributed by atoms with Crippen LogP contribution in [0, 0.1) is 0 Å². The van der Waals surface area contributed by atoms with Crippen LogP contribution in [0.15, 0.2) is 0 Å². The molecule has 0 saturated carbocycles. The van der Waals surface area contributed by atoms with Crippen molar-refractivity contribution in [1.82, 2.24) is 4.90 Å². The van der Waals surface area contributed by atoms with E-state index in [2.05, 4.69) is 0 Å². The summed E-state index contributed by atoms with van der Waals surface area (Å²) in [5.41, 5.74) is 0. The van der Waals surface area contributed by atoms with Gasteiger partial charge in [0.05, 0.1) is 39.2 Å². The zero-order valence-electron chi connectivity index (χ0n) is 6.82. The van der Waals surface area contributed by atoms with Gasteiger partial charge in [-0.25, -0.2) is 0 Å². The van der Waals surface area contributed by atoms with E-state index < -0.39 is 16.5 Å². The van der Waals surface area contributed by atoms with E-state index in [1.807, 2.05) is 0 Å². The molecule has 12 heavy (non-hydrogen) atoms. The molecule has 0 aliphatic carbocycles. The van der Waals surface area contributed by atoms with Gasteiger partial charge in [0.25, 0.3) is 0 Å². The SMILES string of the molecule is [B]C1N(C(C)=O)C([B])([B])C1([B])[B]. The highest BCUT2D eigenvalue weighted by Crippen LogP contribution is 2.48. The van der Waals surface area contributed by atoms with E-state index in [-0.39, 0.29) is 5.91 Å². The Bertz CT molecular complexity index is 228. The summed E-state index contributed by atoms with van der Waals surface area (Å²) in [6.45, 7) is 1.30. The first-order valence-corrected chi connectivity index (χ1v) is 3.44. The van der Waals surface area contributed by atoms with E-state index in [1.54, 1.807) is 0 Å². The van der Waals surface area contributed by atoms with E-state index in [0.29, 0.717) is 0 Å². The van der Waals surface area contributed by atoms with Gasteiger partial charge in [-0.3, -0.25) is 4.79 Å². The van der Waals surface area contributed by atoms with Crippen molar-refractivity contribution in [2.45, 2.75) is 23.4 Å². The molecule has 1 aliphatic rings. The van der Waals surface area contributed by atoms with Gasteiger partial charge in [-0.15, -0.1) is 0 Å². The Morgan fingerprint density at radius 3 is 1.92 bits per heavy atom. The second-order valence-electron chi connectivity index (χ2n) is 3.09. The van der Waals surface area contributed by atoms with Crippen molar-refractivity contribution in [2.75, 3.05) is 0 Å². The number of carbonyl (C=O) groups excluding carboxylic acids is 1. The Kier molecular flexibility index (Phi) is 1.97. The molecule has 0 bridgehead atoms. The van der Waals surface area contributed by atoms with E-state index in [1.165, 1.54) is 6.92 Å². The highest BCUT2D eigenvalue weighted by Gasteiger charge is 2.55. The smallest absolute Gasteiger partial charge is 0.218 e. The van der Waals surface area contributed by atoms with Crippen molar-refractivity contribution < 1.29 is 4.79 Å². The van der Waals surface area contributed by atoms with Crippen LogP contribution in [0.25, 0.3) is 0 Å². The van der Waals surface area contributed by atoms with Gasteiger partial charge in [0.2, 0.25) is 5.91 Å². The standard InChI is InChI=1S/C5H4B5NO/c1-2(12)11-3(6)4(7,8)5(11,9)10/h3H,1H3. The third-order valence-electron chi connectivity index (χ3n) is 2.20. The van der Waals surface area contributed by atoms with Crippen molar-refractivity contribution >= 4 is 45.1 Å². The van der Waals surface area contributed by atoms with Crippen LogP contribution >= 0.6 is 0 Å². The Hall–Kier alpha value is -0.205. The van der Waals surface area contributed by atoms with E-state index >= 15 is 0 Å². The molecule has 50 valence electrons. The Labute approximate surface area is 78.9 Å². The molecule has 1 heterocycles. The van der Waals surface area contributed by atoms with Gasteiger partial charge in [0, 0.05) is 6.92 Å². The second-order valence-corrected chi connectivity index (χ2v) is 3.09. The van der Waals surface area contributed by atoms with Crippen molar-refractivity contribution in [3.05, 3.63) is 0 Å². The number of rotatable bonds is 0. The van der Waals surface area contributed by atoms with Crippen molar-refractivity contribution in [3.8, 4) is 0 Å². The first kappa shape index (κ1) is 9.88. The average molecular weight is 148 g/mol. The number of hydrogen-bond acceptors (Lipinski definition) is 1. The fourth-order valence-corrected chi connectivity index (χ4v) is 1.28. The minimum absolute atomic E-state index is 0.348. The van der Waals surface area contributed by atoms with Gasteiger partial charge in [0.1, 0.15) is 0 Å². The lowest BCUT2D eigenvalue weighted by atomic mass is 9.23. The van der Waals surface area contributed by atoms with Crippen LogP contribution in [-0.4, -0.2) is 61.3 Å². The molecule has 1 aliphatic heterocycles. The average Bonchev–Trinajstić information content (AvgIpc) is 1.85. The molecular formula is C5H4B5NO. The molecule has 1 atom stereocenters. The van der Waals surface area contributed by atoms with E-state index in [4.69, 9.17) is 39.2 Å². The lowest BCUT2D eigenvalue weighted by molar-refractivity contribution is -0.138. The zero-order valence-corrected chi connectivity index (χ0v) is 6.82. The summed E-state index contributed by atoms with van der Waals surface area (Å²) >= 11 is 0. The van der Waals surface area contributed by atoms with Crippen LogP contribution in [0.3, 0.4) is 0 Å². The molecule has 1 fully saturated rings. The lowest BCUT2D eigenvalue weighted by Crippen LogP contribution is -2.79. The van der Waals surface area contributed by atoms with Gasteiger partial charge < -0.3 is 4.90 Å². The summed E-state index contributed by atoms with van der Waals surface area (Å²) in [4.78, 5) is 12.0. The number of carbonyl (C=O) groups is 1. The van der Waals surface area contributed by atoms with E-state index in [9.17, 15) is 4.79 Å². The fraction of sp³-hybridized carbons (Fsp3) is 0.800. The molecule has 0 aromatic carbocycles. The fourth-order valence-electron chi connectivity index (χ4n) is 1.28. The van der Waals surface area contributed by atoms with Crippen LogP contribution in [0.5, 0.6) is 0 Å². The van der Waals surface area contributed by atoms with Crippen LogP contribution in [0.4, 0.5) is 0 Å². The molecule has 1 rings (SSSR count). The predicted octanol–water partition coefficient (Wildman–Crippen LogP) is -2.21. The normalized spacial score (nSPS) is 30.8. The maximum atomic E-state index is 10.9. The molecule has 0 aromatic heterocycles. The summed E-state index contributed by atoms with van der Waals surface area (Å²) in [5, 5.41) is -2.99. The minimum atomic E-state index is -1.56. The van der Waals surface area contributed by atoms with Crippen molar-refractivity contribution in [2.24, 2.45) is 0 Å². The third kappa shape index (κ3) is 0.914. The van der Waals surface area contributed by atoms with Gasteiger partial charge in [-0.05, 0) is 11.3 Å². The van der Waals surface area contributed by atoms with Crippen LogP contribution in [0.1, 0.15) is 6.92 Å². The van der Waals surface area contributed by atoms with Gasteiger partial charge in [-0.2, -0.15) is 0 Å². The van der Waals surface area contributed by atoms with Crippen molar-refractivity contribution in [1.29, 1.82) is 0 Å². The summed E-state index contributed by atoms with van der Waals surface area (Å²) in [5.74, 6) is -1.18. The number of hydrogen-bond donors (Lipinski definition) is 0. The Morgan fingerprint density at radius 2 is 1.75 bits per heavy atom. The first-order valence-electron chi connectivity index (χ1n) is 3.44. The maximum absolute atomic E-state index is 10.9. The first-order chi connectivity index (χ1) is 5.23. The summed E-state index contributed by atoms with van der Waals surface area (Å²) < 4.78 is 0. The van der Waals surface area contributed by atoms with Crippen molar-refractivity contribution in [3.63, 3.8) is 0 Å². The molecular weight excluding hydrogens is 144 g/mol. The minimum Gasteiger partial charge on any atom is -0.362 e. The quantitative estimate of drug-likeness (QED) is 0.357. The molecule has 2 nitrogen and oxygen atoms in total. The Balaban J connectivity index is 2.92. The van der Waals surface area contributed by atoms with Gasteiger partial charge in [0.15, 0.2) is 0 Å². The summed E-state index contributed by atoms with van der Waals surface area (Å²) in [6.07, 6.45) is 0. The lowest BCUT2D eigenvalue weighted by Gasteiger charge is -2.69. The van der Waals surface area contributed by atoms with Crippen LogP contribution in [0.2, 0.25) is 5.21 Å². The predicted molar refractivity (Wildman–Crippen MR) is 50.5 cm³/mol. The summed E-state index contributed by atoms with van der Waals surface area (Å²) in [6, 6.07) is 0.